The Kier molecular flexibility index (Phi) is 7.08. The zero-order valence-electron chi connectivity index (χ0n) is 19.7. The van der Waals surface area contributed by atoms with E-state index in [0.717, 1.165) is 12.8 Å². The number of nitrogens with zero attached hydrogens (tertiary/aromatic N) is 1. The zero-order chi connectivity index (χ0) is 26.1. The molecule has 4 rings (SSSR count). The van der Waals surface area contributed by atoms with Gasteiger partial charge in [-0.15, -0.1) is 13.2 Å². The van der Waals surface area contributed by atoms with Crippen molar-refractivity contribution in [2.45, 2.75) is 44.4 Å². The van der Waals surface area contributed by atoms with Crippen LogP contribution in [0.4, 0.5) is 19.0 Å². The largest absolute Gasteiger partial charge is 0.573 e. The van der Waals surface area contributed by atoms with Crippen LogP contribution in [-0.4, -0.2) is 31.4 Å². The highest BCUT2D eigenvalue weighted by Crippen LogP contribution is 2.37. The van der Waals surface area contributed by atoms with Crippen molar-refractivity contribution in [1.29, 1.82) is 0 Å². The second-order valence-corrected chi connectivity index (χ2v) is 11.0. The van der Waals surface area contributed by atoms with Crippen LogP contribution in [0.2, 0.25) is 0 Å². The number of carbonyl (C=O) groups excluding carboxylic acids is 1. The molecule has 6 nitrogen and oxygen atoms in total. The van der Waals surface area contributed by atoms with Gasteiger partial charge in [0.25, 0.3) is 0 Å². The normalized spacial score (nSPS) is 13.9. The Morgan fingerprint density at radius 3 is 2.36 bits per heavy atom. The summed E-state index contributed by atoms with van der Waals surface area (Å²) in [7, 11) is -3.32. The topological polar surface area (TPSA) is 85.4 Å². The zero-order valence-corrected chi connectivity index (χ0v) is 20.5. The Hall–Kier alpha value is -3.40. The van der Waals surface area contributed by atoms with Gasteiger partial charge in [0.2, 0.25) is 5.91 Å². The first-order valence-corrected chi connectivity index (χ1v) is 13.0. The van der Waals surface area contributed by atoms with Crippen molar-refractivity contribution in [3.05, 3.63) is 71.4 Å². The van der Waals surface area contributed by atoms with Crippen molar-refractivity contribution < 1.29 is 31.1 Å². The summed E-state index contributed by atoms with van der Waals surface area (Å²) < 4.78 is 67.5. The number of benzene rings is 2. The van der Waals surface area contributed by atoms with Crippen LogP contribution in [0.5, 0.6) is 5.75 Å². The molecule has 0 unspecified atom stereocenters. The Bertz CT molecular complexity index is 1360. The Balaban J connectivity index is 1.47. The van der Waals surface area contributed by atoms with Crippen molar-refractivity contribution in [2.75, 3.05) is 11.1 Å². The number of hydrogen-bond acceptors (Lipinski definition) is 5. The highest BCUT2D eigenvalue weighted by molar-refractivity contribution is 7.91. The fourth-order valence-corrected chi connectivity index (χ4v) is 5.76. The van der Waals surface area contributed by atoms with Crippen LogP contribution >= 0.6 is 0 Å². The molecule has 0 aliphatic heterocycles. The molecule has 0 bridgehead atoms. The summed E-state index contributed by atoms with van der Waals surface area (Å²) in [6.07, 6.45) is -2.94. The molecule has 1 fully saturated rings. The quantitative estimate of drug-likeness (QED) is 0.418. The molecule has 1 heterocycles. The predicted octanol–water partition coefficient (Wildman–Crippen LogP) is 5.63. The third-order valence-electron chi connectivity index (χ3n) is 5.85. The molecule has 1 aliphatic carbocycles. The summed E-state index contributed by atoms with van der Waals surface area (Å²) in [5.41, 5.74) is 2.40. The number of carbonyl (C=O) groups is 1. The number of aromatic nitrogens is 1. The Morgan fingerprint density at radius 2 is 1.75 bits per heavy atom. The van der Waals surface area contributed by atoms with E-state index in [4.69, 9.17) is 0 Å². The summed E-state index contributed by atoms with van der Waals surface area (Å²) in [5.74, 6) is -0.0330. The summed E-state index contributed by atoms with van der Waals surface area (Å²) >= 11 is 0. The van der Waals surface area contributed by atoms with Crippen LogP contribution in [0.3, 0.4) is 0 Å². The maximum atomic E-state index is 12.8. The molecule has 1 aliphatic rings. The third kappa shape index (κ3) is 6.42. The first-order valence-electron chi connectivity index (χ1n) is 11.4. The van der Waals surface area contributed by atoms with Crippen molar-refractivity contribution in [3.63, 3.8) is 0 Å². The summed E-state index contributed by atoms with van der Waals surface area (Å²) in [5, 5.41) is 2.70. The number of hydrogen-bond donors (Lipinski definition) is 1. The van der Waals surface area contributed by atoms with Crippen LogP contribution in [0.15, 0.2) is 59.5 Å². The third-order valence-corrected chi connectivity index (χ3v) is 7.75. The number of amides is 1. The predicted molar refractivity (Wildman–Crippen MR) is 129 cm³/mol. The molecule has 0 spiro atoms. The number of rotatable bonds is 8. The highest BCUT2D eigenvalue weighted by atomic mass is 32.2. The molecular weight excluding hydrogens is 493 g/mol. The van der Waals surface area contributed by atoms with E-state index in [1.807, 2.05) is 0 Å². The van der Waals surface area contributed by atoms with Gasteiger partial charge in [-0.1, -0.05) is 30.3 Å². The highest BCUT2D eigenvalue weighted by Gasteiger charge is 2.32. The van der Waals surface area contributed by atoms with E-state index < -0.39 is 16.2 Å². The molecule has 190 valence electrons. The SMILES string of the molecule is Cc1cc(NC(=O)Cc2ccc(S(=O)(=O)CC3CC3)cc2)nc(C)c1-c1ccccc1OC(F)(F)F. The van der Waals surface area contributed by atoms with Gasteiger partial charge in [0.15, 0.2) is 9.84 Å². The maximum Gasteiger partial charge on any atom is 0.573 e. The Labute approximate surface area is 207 Å². The van der Waals surface area contributed by atoms with Gasteiger partial charge >= 0.3 is 6.36 Å². The minimum absolute atomic E-state index is 0.00668. The molecule has 2 aromatic carbocycles. The second-order valence-electron chi connectivity index (χ2n) is 8.92. The molecule has 0 atom stereocenters. The monoisotopic (exact) mass is 518 g/mol. The smallest absolute Gasteiger partial charge is 0.405 e. The summed E-state index contributed by atoms with van der Waals surface area (Å²) in [6, 6.07) is 13.7. The van der Waals surface area contributed by atoms with Gasteiger partial charge in [0.05, 0.1) is 17.1 Å². The average Bonchev–Trinajstić information content (AvgIpc) is 3.57. The van der Waals surface area contributed by atoms with Gasteiger partial charge in [-0.3, -0.25) is 4.79 Å². The van der Waals surface area contributed by atoms with Crippen LogP contribution in [0.1, 0.15) is 29.7 Å². The summed E-state index contributed by atoms with van der Waals surface area (Å²) in [6.45, 7) is 3.36. The fraction of sp³-hybridized carbons (Fsp3) is 0.308. The van der Waals surface area contributed by atoms with Gasteiger partial charge in [-0.2, -0.15) is 0 Å². The molecule has 3 aromatic rings. The van der Waals surface area contributed by atoms with Gasteiger partial charge in [0.1, 0.15) is 11.6 Å². The number of aryl methyl sites for hydroxylation is 2. The van der Waals surface area contributed by atoms with E-state index in [1.54, 1.807) is 38.1 Å². The molecule has 1 amide bonds. The molecule has 1 aromatic heterocycles. The van der Waals surface area contributed by atoms with Crippen molar-refractivity contribution in [2.24, 2.45) is 5.92 Å². The lowest BCUT2D eigenvalue weighted by molar-refractivity contribution is -0.274. The minimum Gasteiger partial charge on any atom is -0.405 e. The van der Waals surface area contributed by atoms with Crippen LogP contribution in [0, 0.1) is 19.8 Å². The lowest BCUT2D eigenvalue weighted by Crippen LogP contribution is -2.18. The minimum atomic E-state index is -4.83. The standard InChI is InChI=1S/C26H25F3N2O4S/c1-16-13-23(30-17(2)25(16)21-5-3-4-6-22(21)35-26(27,28)29)31-24(32)14-18-9-11-20(12-10-18)36(33,34)15-19-7-8-19/h3-6,9-13,19H,7-8,14-15H2,1-2H3,(H,30,31,32). The first-order chi connectivity index (χ1) is 16.9. The van der Waals surface area contributed by atoms with Gasteiger partial charge in [-0.05, 0) is 68.0 Å². The summed E-state index contributed by atoms with van der Waals surface area (Å²) in [4.78, 5) is 17.2. The Morgan fingerprint density at radius 1 is 1.08 bits per heavy atom. The molecule has 0 radical (unpaired) electrons. The number of para-hydroxylation sites is 1. The van der Waals surface area contributed by atoms with Gasteiger partial charge in [0, 0.05) is 16.8 Å². The number of nitrogens with one attached hydrogen (secondary N) is 1. The maximum absolute atomic E-state index is 12.8. The van der Waals surface area contributed by atoms with Crippen molar-refractivity contribution in [1.82, 2.24) is 4.98 Å². The van der Waals surface area contributed by atoms with Crippen LogP contribution in [-0.2, 0) is 21.1 Å². The van der Waals surface area contributed by atoms with Crippen LogP contribution < -0.4 is 10.1 Å². The number of anilines is 1. The average molecular weight is 519 g/mol. The van der Waals surface area contributed by atoms with E-state index in [-0.39, 0.29) is 46.0 Å². The molecular formula is C26H25F3N2O4S. The van der Waals surface area contributed by atoms with Crippen molar-refractivity contribution in [3.8, 4) is 16.9 Å². The van der Waals surface area contributed by atoms with Crippen molar-refractivity contribution >= 4 is 21.6 Å². The van der Waals surface area contributed by atoms with Crippen LogP contribution in [0.25, 0.3) is 11.1 Å². The fourth-order valence-electron chi connectivity index (χ4n) is 4.07. The van der Waals surface area contributed by atoms with Gasteiger partial charge in [-0.25, -0.2) is 13.4 Å². The van der Waals surface area contributed by atoms with E-state index in [9.17, 15) is 26.4 Å². The number of pyridine rings is 1. The molecule has 1 saturated carbocycles. The molecule has 0 saturated heterocycles. The second kappa shape index (κ2) is 9.93. The molecule has 10 heteroatoms. The molecule has 36 heavy (non-hydrogen) atoms. The van der Waals surface area contributed by atoms with E-state index >= 15 is 0 Å². The number of halogens is 3. The van der Waals surface area contributed by atoms with E-state index in [1.165, 1.54) is 30.3 Å². The molecule has 1 N–H and O–H groups in total. The lowest BCUT2D eigenvalue weighted by atomic mass is 9.98. The number of ether oxygens (including phenoxy) is 1. The number of alkyl halides is 3. The lowest BCUT2D eigenvalue weighted by Gasteiger charge is -2.17. The first kappa shape index (κ1) is 25.7. The van der Waals surface area contributed by atoms with Gasteiger partial charge < -0.3 is 10.1 Å². The number of sulfone groups is 1. The van der Waals surface area contributed by atoms with E-state index in [2.05, 4.69) is 15.0 Å². The van der Waals surface area contributed by atoms with E-state index in [0.29, 0.717) is 22.4 Å².